The zero-order valence-corrected chi connectivity index (χ0v) is 11.3. The topological polar surface area (TPSA) is 64.3 Å². The lowest BCUT2D eigenvalue weighted by Gasteiger charge is -2.26. The molecule has 17 heavy (non-hydrogen) atoms. The van der Waals surface area contributed by atoms with Crippen molar-refractivity contribution in [2.24, 2.45) is 11.7 Å². The smallest absolute Gasteiger partial charge is 0.246 e. The van der Waals surface area contributed by atoms with Crippen LogP contribution in [-0.4, -0.2) is 30.7 Å². The van der Waals surface area contributed by atoms with Gasteiger partial charge in [0, 0.05) is 12.6 Å². The van der Waals surface area contributed by atoms with Gasteiger partial charge in [0.05, 0.1) is 5.60 Å². The molecule has 1 amide bonds. The van der Waals surface area contributed by atoms with Crippen LogP contribution < -0.4 is 11.1 Å². The monoisotopic (exact) mass is 242 g/mol. The largest absolute Gasteiger partial charge is 0.366 e. The SMILES string of the molecule is CC(C)(C)OCC(=O)NCC1CCC(N)CC1. The van der Waals surface area contributed by atoms with Crippen molar-refractivity contribution in [3.05, 3.63) is 0 Å². The van der Waals surface area contributed by atoms with E-state index in [0.29, 0.717) is 12.0 Å². The number of nitrogens with two attached hydrogens (primary N) is 1. The van der Waals surface area contributed by atoms with Crippen molar-refractivity contribution in [2.45, 2.75) is 58.1 Å². The van der Waals surface area contributed by atoms with E-state index in [9.17, 15) is 4.79 Å². The van der Waals surface area contributed by atoms with Crippen LogP contribution in [0.3, 0.4) is 0 Å². The zero-order valence-electron chi connectivity index (χ0n) is 11.3. The highest BCUT2D eigenvalue weighted by Crippen LogP contribution is 2.22. The van der Waals surface area contributed by atoms with Gasteiger partial charge in [-0.2, -0.15) is 0 Å². The van der Waals surface area contributed by atoms with Crippen LogP contribution in [0.5, 0.6) is 0 Å². The van der Waals surface area contributed by atoms with Gasteiger partial charge in [-0.1, -0.05) is 0 Å². The van der Waals surface area contributed by atoms with Crippen LogP contribution >= 0.6 is 0 Å². The number of nitrogens with one attached hydrogen (secondary N) is 1. The minimum Gasteiger partial charge on any atom is -0.366 e. The van der Waals surface area contributed by atoms with Gasteiger partial charge >= 0.3 is 0 Å². The first-order chi connectivity index (χ1) is 7.87. The van der Waals surface area contributed by atoms with E-state index in [1.807, 2.05) is 20.8 Å². The standard InChI is InChI=1S/C13H26N2O2/c1-13(2,3)17-9-12(16)15-8-10-4-6-11(14)7-5-10/h10-11H,4-9,14H2,1-3H3,(H,15,16). The summed E-state index contributed by atoms with van der Waals surface area (Å²) in [4.78, 5) is 11.5. The Bertz CT molecular complexity index is 240. The third-order valence-electron chi connectivity index (χ3n) is 3.12. The van der Waals surface area contributed by atoms with E-state index in [-0.39, 0.29) is 18.1 Å². The Morgan fingerprint density at radius 3 is 2.41 bits per heavy atom. The van der Waals surface area contributed by atoms with Crippen molar-refractivity contribution in [3.63, 3.8) is 0 Å². The summed E-state index contributed by atoms with van der Waals surface area (Å²) in [5, 5.41) is 2.94. The second kappa shape index (κ2) is 6.36. The molecule has 4 nitrogen and oxygen atoms in total. The molecule has 0 aromatic heterocycles. The normalized spacial score (nSPS) is 25.6. The molecule has 4 heteroatoms. The molecule has 100 valence electrons. The van der Waals surface area contributed by atoms with E-state index < -0.39 is 0 Å². The summed E-state index contributed by atoms with van der Waals surface area (Å²) in [6, 6.07) is 0.367. The number of amides is 1. The maximum Gasteiger partial charge on any atom is 0.246 e. The molecular weight excluding hydrogens is 216 g/mol. The highest BCUT2D eigenvalue weighted by Gasteiger charge is 2.19. The minimum atomic E-state index is -0.255. The summed E-state index contributed by atoms with van der Waals surface area (Å²) in [6.45, 7) is 6.75. The van der Waals surface area contributed by atoms with Gasteiger partial charge in [0.15, 0.2) is 0 Å². The fourth-order valence-corrected chi connectivity index (χ4v) is 1.98. The van der Waals surface area contributed by atoms with Crippen LogP contribution in [0.4, 0.5) is 0 Å². The van der Waals surface area contributed by atoms with E-state index >= 15 is 0 Å². The van der Waals surface area contributed by atoms with E-state index in [2.05, 4.69) is 5.32 Å². The number of hydrogen-bond donors (Lipinski definition) is 2. The third-order valence-corrected chi connectivity index (χ3v) is 3.12. The fraction of sp³-hybridized carbons (Fsp3) is 0.923. The van der Waals surface area contributed by atoms with Gasteiger partial charge in [0.2, 0.25) is 5.91 Å². The van der Waals surface area contributed by atoms with Crippen LogP contribution in [0.1, 0.15) is 46.5 Å². The lowest BCUT2D eigenvalue weighted by atomic mass is 9.86. The maximum absolute atomic E-state index is 11.5. The Morgan fingerprint density at radius 1 is 1.29 bits per heavy atom. The molecule has 0 aliphatic heterocycles. The highest BCUT2D eigenvalue weighted by molar-refractivity contribution is 5.77. The molecule has 1 fully saturated rings. The molecule has 0 aromatic rings. The van der Waals surface area contributed by atoms with Gasteiger partial charge in [-0.05, 0) is 52.4 Å². The summed E-state index contributed by atoms with van der Waals surface area (Å²) < 4.78 is 5.42. The molecule has 0 spiro atoms. The van der Waals surface area contributed by atoms with Crippen molar-refractivity contribution in [1.82, 2.24) is 5.32 Å². The van der Waals surface area contributed by atoms with E-state index in [1.165, 1.54) is 0 Å². The number of carbonyl (C=O) groups excluding carboxylic acids is 1. The van der Waals surface area contributed by atoms with Crippen LogP contribution in [0.15, 0.2) is 0 Å². The van der Waals surface area contributed by atoms with Gasteiger partial charge in [-0.3, -0.25) is 4.79 Å². The van der Waals surface area contributed by atoms with Gasteiger partial charge < -0.3 is 15.8 Å². The molecule has 1 aliphatic carbocycles. The minimum absolute atomic E-state index is 0.0187. The molecular formula is C13H26N2O2. The second-order valence-electron chi connectivity index (χ2n) is 5.99. The molecule has 0 unspecified atom stereocenters. The molecule has 3 N–H and O–H groups in total. The third kappa shape index (κ3) is 6.64. The molecule has 1 saturated carbocycles. The Hall–Kier alpha value is -0.610. The molecule has 1 aliphatic rings. The number of rotatable bonds is 4. The highest BCUT2D eigenvalue weighted by atomic mass is 16.5. The first-order valence-corrected chi connectivity index (χ1v) is 6.53. The second-order valence-corrected chi connectivity index (χ2v) is 5.99. The molecule has 0 heterocycles. The zero-order chi connectivity index (χ0) is 12.9. The van der Waals surface area contributed by atoms with Crippen LogP contribution in [0.25, 0.3) is 0 Å². The Balaban J connectivity index is 2.11. The summed E-state index contributed by atoms with van der Waals surface area (Å²) in [6.07, 6.45) is 4.42. The quantitative estimate of drug-likeness (QED) is 0.784. The molecule has 0 atom stereocenters. The molecule has 0 bridgehead atoms. The molecule has 0 saturated heterocycles. The Morgan fingerprint density at radius 2 is 1.88 bits per heavy atom. The summed E-state index contributed by atoms with van der Waals surface area (Å²) in [5.74, 6) is 0.572. The lowest BCUT2D eigenvalue weighted by Crippen LogP contribution is -2.37. The molecule has 0 radical (unpaired) electrons. The van der Waals surface area contributed by atoms with Crippen molar-refractivity contribution in [3.8, 4) is 0 Å². The van der Waals surface area contributed by atoms with Crippen LogP contribution in [0, 0.1) is 5.92 Å². The maximum atomic E-state index is 11.5. The fourth-order valence-electron chi connectivity index (χ4n) is 1.98. The molecule has 1 rings (SSSR count). The number of ether oxygens (including phenoxy) is 1. The molecule has 0 aromatic carbocycles. The number of carbonyl (C=O) groups is 1. The first kappa shape index (κ1) is 14.5. The van der Waals surface area contributed by atoms with Gasteiger partial charge in [-0.15, -0.1) is 0 Å². The summed E-state index contributed by atoms with van der Waals surface area (Å²) in [7, 11) is 0. The average molecular weight is 242 g/mol. The summed E-state index contributed by atoms with van der Waals surface area (Å²) >= 11 is 0. The van der Waals surface area contributed by atoms with Crippen LogP contribution in [0.2, 0.25) is 0 Å². The first-order valence-electron chi connectivity index (χ1n) is 6.53. The lowest BCUT2D eigenvalue weighted by molar-refractivity contribution is -0.130. The van der Waals surface area contributed by atoms with Crippen LogP contribution in [-0.2, 0) is 9.53 Å². The van der Waals surface area contributed by atoms with Gasteiger partial charge in [-0.25, -0.2) is 0 Å². The predicted molar refractivity (Wildman–Crippen MR) is 68.6 cm³/mol. The summed E-state index contributed by atoms with van der Waals surface area (Å²) in [5.41, 5.74) is 5.59. The van der Waals surface area contributed by atoms with Crippen molar-refractivity contribution in [2.75, 3.05) is 13.2 Å². The van der Waals surface area contributed by atoms with Gasteiger partial charge in [0.1, 0.15) is 6.61 Å². The van der Waals surface area contributed by atoms with E-state index in [0.717, 1.165) is 32.2 Å². The number of hydrogen-bond acceptors (Lipinski definition) is 3. The van der Waals surface area contributed by atoms with Crippen molar-refractivity contribution < 1.29 is 9.53 Å². The van der Waals surface area contributed by atoms with E-state index in [1.54, 1.807) is 0 Å². The Kier molecular flexibility index (Phi) is 5.40. The predicted octanol–water partition coefficient (Wildman–Crippen LogP) is 1.44. The van der Waals surface area contributed by atoms with Crippen molar-refractivity contribution in [1.29, 1.82) is 0 Å². The Labute approximate surface area is 104 Å². The van der Waals surface area contributed by atoms with Gasteiger partial charge in [0.25, 0.3) is 0 Å². The van der Waals surface area contributed by atoms with E-state index in [4.69, 9.17) is 10.5 Å². The van der Waals surface area contributed by atoms with Crippen molar-refractivity contribution >= 4 is 5.91 Å². The average Bonchev–Trinajstić information content (AvgIpc) is 2.25.